The average molecular weight is 570 g/mol. The molecule has 0 amide bonds. The van der Waals surface area contributed by atoms with Crippen molar-refractivity contribution in [1.82, 2.24) is 29.1 Å². The Balaban J connectivity index is 1.39. The second-order valence-corrected chi connectivity index (χ2v) is 12.0. The Morgan fingerprint density at radius 2 is 1.84 bits per heavy atom. The van der Waals surface area contributed by atoms with Crippen LogP contribution in [0.1, 0.15) is 36.8 Å². The molecule has 2 fully saturated rings. The van der Waals surface area contributed by atoms with Gasteiger partial charge in [-0.25, -0.2) is 27.7 Å². The number of hydrogen-bond acceptors (Lipinski definition) is 7. The predicted molar refractivity (Wildman–Crippen MR) is 138 cm³/mol. The highest BCUT2D eigenvalue weighted by Crippen LogP contribution is 2.36. The Hall–Kier alpha value is -2.74. The molecule has 5 rings (SSSR count). The molecular weight excluding hydrogens is 543 g/mol. The standard InChI is InChI=1S/C24H27ClF3N7O2S/c1-38(36,37)35-9-7-17(8-10-35)32-23-30-12-18(24(26,27)28)22(33-23)19-13-34(14-31-19)20-4-2-3-15(21(20)25)11-29-16-5-6-16/h2-4,12-14,16-17,29H,5-11H2,1H3,(H,30,32,33). The number of aromatic nitrogens is 4. The number of nitrogens with zero attached hydrogens (tertiary/aromatic N) is 5. The van der Waals surface area contributed by atoms with Gasteiger partial charge in [0.2, 0.25) is 16.0 Å². The minimum atomic E-state index is -4.69. The van der Waals surface area contributed by atoms with Gasteiger partial charge in [-0.05, 0) is 37.3 Å². The van der Waals surface area contributed by atoms with Crippen LogP contribution < -0.4 is 10.6 Å². The van der Waals surface area contributed by atoms with Gasteiger partial charge in [-0.3, -0.25) is 0 Å². The maximum Gasteiger partial charge on any atom is 0.420 e. The van der Waals surface area contributed by atoms with Gasteiger partial charge in [0.1, 0.15) is 23.3 Å². The van der Waals surface area contributed by atoms with Crippen molar-refractivity contribution in [3.8, 4) is 17.1 Å². The fraction of sp³-hybridized carbons (Fsp3) is 0.458. The highest BCUT2D eigenvalue weighted by molar-refractivity contribution is 7.88. The SMILES string of the molecule is CS(=O)(=O)N1CCC(Nc2ncc(C(F)(F)F)c(-c3cn(-c4cccc(CNC5CC5)c4Cl)cn3)n2)CC1. The Labute approximate surface area is 223 Å². The molecule has 2 aliphatic rings. The largest absolute Gasteiger partial charge is 0.420 e. The van der Waals surface area contributed by atoms with Crippen LogP contribution in [-0.2, 0) is 22.7 Å². The fourth-order valence-corrected chi connectivity index (χ4v) is 5.55. The van der Waals surface area contributed by atoms with Crippen molar-refractivity contribution in [2.24, 2.45) is 0 Å². The van der Waals surface area contributed by atoms with Crippen molar-refractivity contribution in [2.75, 3.05) is 24.7 Å². The molecule has 0 radical (unpaired) electrons. The predicted octanol–water partition coefficient (Wildman–Crippen LogP) is 4.09. The van der Waals surface area contributed by atoms with E-state index in [2.05, 4.69) is 25.6 Å². The first-order valence-corrected chi connectivity index (χ1v) is 14.4. The summed E-state index contributed by atoms with van der Waals surface area (Å²) in [5, 5.41) is 6.95. The molecule has 1 saturated carbocycles. The molecule has 0 bridgehead atoms. The molecule has 0 spiro atoms. The van der Waals surface area contributed by atoms with E-state index >= 15 is 0 Å². The monoisotopic (exact) mass is 569 g/mol. The summed E-state index contributed by atoms with van der Waals surface area (Å²) >= 11 is 6.63. The Bertz CT molecular complexity index is 1420. The topological polar surface area (TPSA) is 105 Å². The van der Waals surface area contributed by atoms with Crippen LogP contribution in [0.25, 0.3) is 17.1 Å². The summed E-state index contributed by atoms with van der Waals surface area (Å²) in [7, 11) is -3.29. The summed E-state index contributed by atoms with van der Waals surface area (Å²) in [6, 6.07) is 5.84. The van der Waals surface area contributed by atoms with Gasteiger partial charge in [0.15, 0.2) is 0 Å². The number of sulfonamides is 1. The van der Waals surface area contributed by atoms with E-state index in [1.54, 1.807) is 10.6 Å². The van der Waals surface area contributed by atoms with E-state index < -0.39 is 21.8 Å². The van der Waals surface area contributed by atoms with Crippen LogP contribution in [-0.4, -0.2) is 63.7 Å². The number of piperidine rings is 1. The zero-order valence-electron chi connectivity index (χ0n) is 20.5. The number of halogens is 4. The first-order valence-electron chi connectivity index (χ1n) is 12.2. The molecule has 0 atom stereocenters. The van der Waals surface area contributed by atoms with Gasteiger partial charge in [-0.15, -0.1) is 0 Å². The van der Waals surface area contributed by atoms with Gasteiger partial charge in [-0.1, -0.05) is 23.7 Å². The summed E-state index contributed by atoms with van der Waals surface area (Å²) in [6.45, 7) is 1.22. The van der Waals surface area contributed by atoms with E-state index in [0.29, 0.717) is 49.2 Å². The maximum absolute atomic E-state index is 13.9. The third-order valence-electron chi connectivity index (χ3n) is 6.67. The number of benzene rings is 1. The lowest BCUT2D eigenvalue weighted by molar-refractivity contribution is -0.137. The first kappa shape index (κ1) is 26.9. The molecular formula is C24H27ClF3N7O2S. The Morgan fingerprint density at radius 1 is 1.11 bits per heavy atom. The molecule has 1 aromatic carbocycles. The second-order valence-electron chi connectivity index (χ2n) is 9.61. The van der Waals surface area contributed by atoms with Gasteiger partial charge in [0.05, 0.1) is 17.0 Å². The quantitative estimate of drug-likeness (QED) is 0.421. The highest BCUT2D eigenvalue weighted by atomic mass is 35.5. The van der Waals surface area contributed by atoms with Gasteiger partial charge >= 0.3 is 6.18 Å². The van der Waals surface area contributed by atoms with E-state index in [1.165, 1.54) is 16.8 Å². The van der Waals surface area contributed by atoms with Crippen molar-refractivity contribution in [1.29, 1.82) is 0 Å². The third-order valence-corrected chi connectivity index (χ3v) is 8.41. The van der Waals surface area contributed by atoms with Gasteiger partial charge in [-0.2, -0.15) is 13.2 Å². The van der Waals surface area contributed by atoms with Crippen LogP contribution in [0.5, 0.6) is 0 Å². The number of nitrogens with one attached hydrogen (secondary N) is 2. The molecule has 9 nitrogen and oxygen atoms in total. The summed E-state index contributed by atoms with van der Waals surface area (Å²) in [6.07, 6.45) is 3.31. The van der Waals surface area contributed by atoms with Crippen LogP contribution >= 0.6 is 11.6 Å². The number of hydrogen-bond donors (Lipinski definition) is 2. The number of anilines is 1. The van der Waals surface area contributed by atoms with Crippen molar-refractivity contribution in [2.45, 2.75) is 50.5 Å². The van der Waals surface area contributed by atoms with Crippen LogP contribution in [0.4, 0.5) is 19.1 Å². The van der Waals surface area contributed by atoms with E-state index in [9.17, 15) is 21.6 Å². The smallest absolute Gasteiger partial charge is 0.351 e. The molecule has 2 aromatic heterocycles. The van der Waals surface area contributed by atoms with Crippen LogP contribution in [0.15, 0.2) is 36.9 Å². The minimum absolute atomic E-state index is 0.0199. The third kappa shape index (κ3) is 6.11. The van der Waals surface area contributed by atoms with E-state index in [1.807, 2.05) is 12.1 Å². The number of alkyl halides is 3. The summed E-state index contributed by atoms with van der Waals surface area (Å²) in [4.78, 5) is 12.3. The van der Waals surface area contributed by atoms with Gasteiger partial charge in [0.25, 0.3) is 0 Å². The summed E-state index contributed by atoms with van der Waals surface area (Å²) in [5.41, 5.74) is 0.141. The van der Waals surface area contributed by atoms with Crippen molar-refractivity contribution >= 4 is 27.6 Å². The number of rotatable bonds is 8. The molecule has 38 heavy (non-hydrogen) atoms. The molecule has 1 aliphatic heterocycles. The van der Waals surface area contributed by atoms with Crippen LogP contribution in [0.2, 0.25) is 5.02 Å². The summed E-state index contributed by atoms with van der Waals surface area (Å²) < 4.78 is 68.0. The molecule has 0 unspecified atom stereocenters. The Morgan fingerprint density at radius 3 is 2.50 bits per heavy atom. The molecule has 204 valence electrons. The van der Waals surface area contributed by atoms with Crippen LogP contribution in [0.3, 0.4) is 0 Å². The van der Waals surface area contributed by atoms with E-state index in [0.717, 1.165) is 30.9 Å². The van der Waals surface area contributed by atoms with E-state index in [4.69, 9.17) is 11.6 Å². The molecule has 1 saturated heterocycles. The zero-order chi connectivity index (χ0) is 27.1. The van der Waals surface area contributed by atoms with Gasteiger partial charge < -0.3 is 15.2 Å². The summed E-state index contributed by atoms with van der Waals surface area (Å²) in [5.74, 6) is 0.0199. The van der Waals surface area contributed by atoms with E-state index in [-0.39, 0.29) is 23.4 Å². The lowest BCUT2D eigenvalue weighted by Gasteiger charge is -2.30. The van der Waals surface area contributed by atoms with Gasteiger partial charge in [0, 0.05) is 44.1 Å². The normalized spacial score (nSPS) is 17.6. The molecule has 2 N–H and O–H groups in total. The van der Waals surface area contributed by atoms with Crippen molar-refractivity contribution < 1.29 is 21.6 Å². The first-order chi connectivity index (χ1) is 18.0. The fourth-order valence-electron chi connectivity index (χ4n) is 4.39. The zero-order valence-corrected chi connectivity index (χ0v) is 22.1. The van der Waals surface area contributed by atoms with Crippen molar-refractivity contribution in [3.05, 3.63) is 53.1 Å². The molecule has 14 heteroatoms. The Kier molecular flexibility index (Phi) is 7.37. The molecule has 3 heterocycles. The average Bonchev–Trinajstić information content (AvgIpc) is 3.56. The maximum atomic E-state index is 13.9. The molecule has 3 aromatic rings. The second kappa shape index (κ2) is 10.4. The minimum Gasteiger partial charge on any atom is -0.351 e. The highest BCUT2D eigenvalue weighted by Gasteiger charge is 2.36. The van der Waals surface area contributed by atoms with Crippen molar-refractivity contribution in [3.63, 3.8) is 0 Å². The lowest BCUT2D eigenvalue weighted by Crippen LogP contribution is -2.42. The molecule has 1 aliphatic carbocycles. The van der Waals surface area contributed by atoms with Crippen LogP contribution in [0, 0.1) is 0 Å². The lowest BCUT2D eigenvalue weighted by atomic mass is 10.1. The number of imidazole rings is 1.